The summed E-state index contributed by atoms with van der Waals surface area (Å²) in [5.74, 6) is 0.953. The van der Waals surface area contributed by atoms with Crippen molar-refractivity contribution in [3.8, 4) is 0 Å². The average molecular weight is 343 g/mol. The molecule has 128 valence electrons. The van der Waals surface area contributed by atoms with Crippen molar-refractivity contribution in [2.75, 3.05) is 18.6 Å². The van der Waals surface area contributed by atoms with Crippen LogP contribution in [-0.4, -0.2) is 35.4 Å². The van der Waals surface area contributed by atoms with Gasteiger partial charge in [0.15, 0.2) is 0 Å². The van der Waals surface area contributed by atoms with E-state index >= 15 is 0 Å². The molecule has 1 amide bonds. The van der Waals surface area contributed by atoms with Crippen LogP contribution in [-0.2, 0) is 17.8 Å². The smallest absolute Gasteiger partial charge is 0.239 e. The monoisotopic (exact) mass is 342 g/mol. The van der Waals surface area contributed by atoms with Crippen molar-refractivity contribution in [3.63, 3.8) is 0 Å². The maximum atomic E-state index is 12.8. The third-order valence-corrected chi connectivity index (χ3v) is 4.64. The molecule has 0 radical (unpaired) electrons. The Morgan fingerprint density at radius 1 is 1.04 bits per heavy atom. The van der Waals surface area contributed by atoms with E-state index in [2.05, 4.69) is 24.3 Å². The topological polar surface area (TPSA) is 46.3 Å². The van der Waals surface area contributed by atoms with Crippen LogP contribution in [0.15, 0.2) is 60.7 Å². The van der Waals surface area contributed by atoms with Gasteiger partial charge in [0, 0.05) is 13.1 Å². The van der Waals surface area contributed by atoms with Gasteiger partial charge in [0.1, 0.15) is 0 Å². The lowest BCUT2D eigenvalue weighted by molar-refractivity contribution is -0.133. The molecule has 2 aromatic rings. The number of rotatable bonds is 9. The van der Waals surface area contributed by atoms with E-state index in [1.54, 1.807) is 11.8 Å². The summed E-state index contributed by atoms with van der Waals surface area (Å²) in [4.78, 5) is 14.7. The molecule has 0 spiro atoms. The molecular weight excluding hydrogens is 316 g/mol. The summed E-state index contributed by atoms with van der Waals surface area (Å²) in [7, 11) is 0. The van der Waals surface area contributed by atoms with Crippen molar-refractivity contribution in [3.05, 3.63) is 71.8 Å². The van der Waals surface area contributed by atoms with E-state index in [4.69, 9.17) is 5.73 Å². The molecule has 4 heteroatoms. The second-order valence-electron chi connectivity index (χ2n) is 5.87. The summed E-state index contributed by atoms with van der Waals surface area (Å²) >= 11 is 1.72. The fourth-order valence-corrected chi connectivity index (χ4v) is 3.07. The Kier molecular flexibility index (Phi) is 7.86. The third kappa shape index (κ3) is 6.02. The van der Waals surface area contributed by atoms with Gasteiger partial charge in [-0.15, -0.1) is 0 Å². The van der Waals surface area contributed by atoms with E-state index in [9.17, 15) is 4.79 Å². The van der Waals surface area contributed by atoms with Crippen molar-refractivity contribution < 1.29 is 4.79 Å². The lowest BCUT2D eigenvalue weighted by atomic mass is 10.1. The first-order valence-electron chi connectivity index (χ1n) is 8.32. The fourth-order valence-electron chi connectivity index (χ4n) is 2.58. The van der Waals surface area contributed by atoms with Gasteiger partial charge in [0.05, 0.1) is 6.04 Å². The van der Waals surface area contributed by atoms with Gasteiger partial charge in [-0.3, -0.25) is 4.79 Å². The zero-order chi connectivity index (χ0) is 17.2. The Bertz CT molecular complexity index is 604. The molecule has 3 nitrogen and oxygen atoms in total. The van der Waals surface area contributed by atoms with Crippen LogP contribution in [0.25, 0.3) is 0 Å². The van der Waals surface area contributed by atoms with Gasteiger partial charge < -0.3 is 10.6 Å². The zero-order valence-corrected chi connectivity index (χ0v) is 15.0. The molecule has 0 saturated heterocycles. The molecule has 0 fully saturated rings. The molecule has 0 heterocycles. The Hall–Kier alpha value is -1.78. The Balaban J connectivity index is 2.03. The summed E-state index contributed by atoms with van der Waals surface area (Å²) in [6, 6.07) is 19.9. The van der Waals surface area contributed by atoms with Crippen molar-refractivity contribution >= 4 is 17.7 Å². The summed E-state index contributed by atoms with van der Waals surface area (Å²) in [6.07, 6.45) is 3.60. The van der Waals surface area contributed by atoms with Crippen LogP contribution in [0.3, 0.4) is 0 Å². The van der Waals surface area contributed by atoms with Crippen LogP contribution in [0.5, 0.6) is 0 Å². The van der Waals surface area contributed by atoms with Crippen molar-refractivity contribution in [2.45, 2.75) is 25.4 Å². The maximum Gasteiger partial charge on any atom is 0.239 e. The highest BCUT2D eigenvalue weighted by Crippen LogP contribution is 2.10. The van der Waals surface area contributed by atoms with Crippen LogP contribution >= 0.6 is 11.8 Å². The molecule has 0 bridgehead atoms. The van der Waals surface area contributed by atoms with Crippen LogP contribution in [0.4, 0.5) is 0 Å². The van der Waals surface area contributed by atoms with Gasteiger partial charge in [0.2, 0.25) is 5.91 Å². The number of benzene rings is 2. The van der Waals surface area contributed by atoms with Crippen LogP contribution in [0, 0.1) is 0 Å². The first-order valence-corrected chi connectivity index (χ1v) is 9.71. The van der Waals surface area contributed by atoms with Gasteiger partial charge in [-0.1, -0.05) is 60.7 Å². The molecule has 0 saturated carbocycles. The number of hydrogen-bond acceptors (Lipinski definition) is 3. The number of nitrogens with two attached hydrogens (primary N) is 1. The molecule has 2 aromatic carbocycles. The highest BCUT2D eigenvalue weighted by Gasteiger charge is 2.20. The minimum atomic E-state index is -0.420. The van der Waals surface area contributed by atoms with E-state index in [1.807, 2.05) is 47.6 Å². The standard InChI is InChI=1S/C20H26N2OS/c1-24-15-13-19(21)20(23)22(16-18-10-6-3-7-11-18)14-12-17-8-4-2-5-9-17/h2-11,19H,12-16,21H2,1H3/t19-/m1/s1. The quantitative estimate of drug-likeness (QED) is 0.760. The molecule has 1 atom stereocenters. The van der Waals surface area contributed by atoms with Crippen molar-refractivity contribution in [2.24, 2.45) is 5.73 Å². The Morgan fingerprint density at radius 3 is 2.21 bits per heavy atom. The maximum absolute atomic E-state index is 12.8. The molecule has 0 aromatic heterocycles. The lowest BCUT2D eigenvalue weighted by Gasteiger charge is -2.26. The summed E-state index contributed by atoms with van der Waals surface area (Å²) in [6.45, 7) is 1.30. The number of nitrogens with zero attached hydrogens (tertiary/aromatic N) is 1. The SMILES string of the molecule is CSCC[C@@H](N)C(=O)N(CCc1ccccc1)Cc1ccccc1. The second kappa shape index (κ2) is 10.2. The molecule has 0 aliphatic heterocycles. The van der Waals surface area contributed by atoms with Gasteiger partial charge in [-0.2, -0.15) is 11.8 Å². The summed E-state index contributed by atoms with van der Waals surface area (Å²) in [5, 5.41) is 0. The number of hydrogen-bond donors (Lipinski definition) is 1. The Labute approximate surface area is 149 Å². The lowest BCUT2D eigenvalue weighted by Crippen LogP contribution is -2.44. The van der Waals surface area contributed by atoms with Crippen LogP contribution in [0.1, 0.15) is 17.5 Å². The molecule has 24 heavy (non-hydrogen) atoms. The van der Waals surface area contributed by atoms with Crippen molar-refractivity contribution in [1.82, 2.24) is 4.90 Å². The number of thioether (sulfide) groups is 1. The average Bonchev–Trinajstić information content (AvgIpc) is 2.64. The molecule has 2 rings (SSSR count). The number of amides is 1. The highest BCUT2D eigenvalue weighted by atomic mass is 32.2. The predicted octanol–water partition coefficient (Wildman–Crippen LogP) is 3.34. The highest BCUT2D eigenvalue weighted by molar-refractivity contribution is 7.98. The second-order valence-corrected chi connectivity index (χ2v) is 6.85. The van der Waals surface area contributed by atoms with E-state index in [0.717, 1.165) is 24.2 Å². The van der Waals surface area contributed by atoms with Crippen molar-refractivity contribution in [1.29, 1.82) is 0 Å². The molecule has 0 aliphatic rings. The first-order chi connectivity index (χ1) is 11.7. The predicted molar refractivity (Wildman–Crippen MR) is 103 cm³/mol. The first kappa shape index (κ1) is 18.6. The molecule has 0 aliphatic carbocycles. The normalized spacial score (nSPS) is 11.9. The number of carbonyl (C=O) groups excluding carboxylic acids is 1. The fraction of sp³-hybridized carbons (Fsp3) is 0.350. The van der Waals surface area contributed by atoms with E-state index in [0.29, 0.717) is 13.1 Å². The minimum Gasteiger partial charge on any atom is -0.337 e. The zero-order valence-electron chi connectivity index (χ0n) is 14.2. The number of carbonyl (C=O) groups is 1. The van der Waals surface area contributed by atoms with Crippen LogP contribution in [0.2, 0.25) is 0 Å². The minimum absolute atomic E-state index is 0.0452. The van der Waals surface area contributed by atoms with Gasteiger partial charge in [0.25, 0.3) is 0 Å². The van der Waals surface area contributed by atoms with Gasteiger partial charge in [-0.25, -0.2) is 0 Å². The van der Waals surface area contributed by atoms with Crippen LogP contribution < -0.4 is 5.73 Å². The Morgan fingerprint density at radius 2 is 1.62 bits per heavy atom. The summed E-state index contributed by atoms with van der Waals surface area (Å²) in [5.41, 5.74) is 8.49. The van der Waals surface area contributed by atoms with E-state index < -0.39 is 6.04 Å². The van der Waals surface area contributed by atoms with Gasteiger partial charge >= 0.3 is 0 Å². The largest absolute Gasteiger partial charge is 0.337 e. The third-order valence-electron chi connectivity index (χ3n) is 3.99. The van der Waals surface area contributed by atoms with Gasteiger partial charge in [-0.05, 0) is 36.0 Å². The van der Waals surface area contributed by atoms with E-state index in [1.165, 1.54) is 5.56 Å². The molecule has 2 N–H and O–H groups in total. The molecule has 0 unspecified atom stereocenters. The van der Waals surface area contributed by atoms with E-state index in [-0.39, 0.29) is 5.91 Å². The molecular formula is C20H26N2OS. The summed E-state index contributed by atoms with van der Waals surface area (Å²) < 4.78 is 0.